The summed E-state index contributed by atoms with van der Waals surface area (Å²) in [6.07, 6.45) is 3.16. The van der Waals surface area contributed by atoms with Crippen molar-refractivity contribution in [2.45, 2.75) is 13.5 Å². The van der Waals surface area contributed by atoms with Crippen LogP contribution < -0.4 is 0 Å². The van der Waals surface area contributed by atoms with Gasteiger partial charge < -0.3 is 18.5 Å². The van der Waals surface area contributed by atoms with Crippen LogP contribution in [0.5, 0.6) is 0 Å². The van der Waals surface area contributed by atoms with Gasteiger partial charge in [0, 0.05) is 12.6 Å². The molecule has 32 heavy (non-hydrogen) atoms. The molecule has 0 aliphatic carbocycles. The van der Waals surface area contributed by atoms with E-state index in [-0.39, 0.29) is 24.6 Å². The van der Waals surface area contributed by atoms with Gasteiger partial charge >= 0.3 is 5.97 Å². The van der Waals surface area contributed by atoms with Gasteiger partial charge in [-0.25, -0.2) is 9.78 Å². The summed E-state index contributed by atoms with van der Waals surface area (Å²) < 4.78 is 16.4. The molecule has 2 aromatic heterocycles. The summed E-state index contributed by atoms with van der Waals surface area (Å²) in [5.41, 5.74) is 2.80. The summed E-state index contributed by atoms with van der Waals surface area (Å²) in [4.78, 5) is 30.8. The molecule has 0 bridgehead atoms. The number of furan rings is 1. The zero-order chi connectivity index (χ0) is 22.5. The fourth-order valence-corrected chi connectivity index (χ4v) is 3.14. The Morgan fingerprint density at radius 3 is 2.56 bits per heavy atom. The third-order valence-corrected chi connectivity index (χ3v) is 4.94. The lowest BCUT2D eigenvalue weighted by molar-refractivity contribution is -0.133. The normalized spacial score (nSPS) is 10.7. The fourth-order valence-electron chi connectivity index (χ4n) is 3.14. The number of ether oxygens (including phenoxy) is 1. The molecule has 1 amide bonds. The summed E-state index contributed by atoms with van der Waals surface area (Å²) in [7, 11) is 1.62. The summed E-state index contributed by atoms with van der Waals surface area (Å²) in [5, 5.41) is 0. The van der Waals surface area contributed by atoms with Gasteiger partial charge in [0.05, 0.1) is 30.1 Å². The quantitative estimate of drug-likeness (QED) is 0.394. The molecule has 4 aromatic rings. The molecule has 0 spiro atoms. The van der Waals surface area contributed by atoms with Crippen molar-refractivity contribution < 1.29 is 23.2 Å². The van der Waals surface area contributed by atoms with Gasteiger partial charge in [-0.05, 0) is 31.2 Å². The Hall–Kier alpha value is -4.13. The van der Waals surface area contributed by atoms with E-state index in [1.54, 1.807) is 49.6 Å². The Balaban J connectivity index is 1.45. The maximum atomic E-state index is 12.7. The second-order valence-corrected chi connectivity index (χ2v) is 7.35. The Labute approximate surface area is 185 Å². The molecular formula is C25H22N2O5. The zero-order valence-corrected chi connectivity index (χ0v) is 17.8. The molecule has 2 aromatic carbocycles. The number of hydrogen-bond donors (Lipinski definition) is 0. The Morgan fingerprint density at radius 2 is 1.81 bits per heavy atom. The van der Waals surface area contributed by atoms with E-state index < -0.39 is 5.97 Å². The third-order valence-electron chi connectivity index (χ3n) is 4.94. The molecule has 0 N–H and O–H groups in total. The molecule has 0 saturated carbocycles. The van der Waals surface area contributed by atoms with Crippen LogP contribution in [0, 0.1) is 6.92 Å². The molecule has 0 atom stereocenters. The minimum atomic E-state index is -0.629. The topological polar surface area (TPSA) is 85.8 Å². The van der Waals surface area contributed by atoms with Crippen LogP contribution in [-0.2, 0) is 16.1 Å². The molecule has 0 unspecified atom stereocenters. The van der Waals surface area contributed by atoms with Gasteiger partial charge in [-0.1, -0.05) is 42.0 Å². The average molecular weight is 430 g/mol. The first-order valence-electron chi connectivity index (χ1n) is 10.1. The molecule has 7 nitrogen and oxygen atoms in total. The zero-order valence-electron chi connectivity index (χ0n) is 17.8. The van der Waals surface area contributed by atoms with Crippen LogP contribution in [0.15, 0.2) is 82.0 Å². The standard InChI is InChI=1S/C25H22N2O5/c1-17-9-11-18(12-10-17)22-14-26-24(32-22)20-7-3-4-8-21(20)25(29)31-16-23(28)27(2)15-19-6-5-13-30-19/h3-14H,15-16H2,1-2H3. The van der Waals surface area contributed by atoms with E-state index in [1.165, 1.54) is 11.2 Å². The molecule has 0 aliphatic heterocycles. The fraction of sp³-hybridized carbons (Fsp3) is 0.160. The van der Waals surface area contributed by atoms with Crippen LogP contribution in [0.3, 0.4) is 0 Å². The number of benzene rings is 2. The number of aromatic nitrogens is 1. The highest BCUT2D eigenvalue weighted by molar-refractivity contribution is 5.97. The van der Waals surface area contributed by atoms with Crippen LogP contribution >= 0.6 is 0 Å². The Morgan fingerprint density at radius 1 is 1.03 bits per heavy atom. The van der Waals surface area contributed by atoms with Crippen molar-refractivity contribution in [2.24, 2.45) is 0 Å². The smallest absolute Gasteiger partial charge is 0.339 e. The van der Waals surface area contributed by atoms with E-state index in [4.69, 9.17) is 13.6 Å². The molecule has 2 heterocycles. The molecule has 0 aliphatic rings. The predicted octanol–water partition coefficient (Wildman–Crippen LogP) is 4.73. The van der Waals surface area contributed by atoms with Gasteiger partial charge in [-0.15, -0.1) is 0 Å². The third kappa shape index (κ3) is 4.78. The van der Waals surface area contributed by atoms with E-state index in [1.807, 2.05) is 31.2 Å². The van der Waals surface area contributed by atoms with Gasteiger partial charge in [0.25, 0.3) is 5.91 Å². The number of esters is 1. The van der Waals surface area contributed by atoms with Crippen molar-refractivity contribution in [3.63, 3.8) is 0 Å². The summed E-state index contributed by atoms with van der Waals surface area (Å²) in [6.45, 7) is 1.92. The summed E-state index contributed by atoms with van der Waals surface area (Å²) >= 11 is 0. The number of amides is 1. The Kier molecular flexibility index (Phi) is 6.17. The number of hydrogen-bond acceptors (Lipinski definition) is 6. The maximum absolute atomic E-state index is 12.7. The average Bonchev–Trinajstić information content (AvgIpc) is 3.50. The molecule has 0 fully saturated rings. The summed E-state index contributed by atoms with van der Waals surface area (Å²) in [6, 6.07) is 18.2. The lowest BCUT2D eigenvalue weighted by atomic mass is 10.1. The van der Waals surface area contributed by atoms with E-state index in [9.17, 15) is 9.59 Å². The lowest BCUT2D eigenvalue weighted by Crippen LogP contribution is -2.30. The van der Waals surface area contributed by atoms with Crippen LogP contribution in [0.1, 0.15) is 21.7 Å². The van der Waals surface area contributed by atoms with Gasteiger partial charge in [0.2, 0.25) is 5.89 Å². The Bertz CT molecular complexity index is 1210. The van der Waals surface area contributed by atoms with Crippen LogP contribution in [0.4, 0.5) is 0 Å². The van der Waals surface area contributed by atoms with Gasteiger partial charge in [-0.3, -0.25) is 4.79 Å². The SMILES string of the molecule is Cc1ccc(-c2cnc(-c3ccccc3C(=O)OCC(=O)N(C)Cc3ccco3)o2)cc1. The van der Waals surface area contributed by atoms with E-state index in [0.717, 1.165) is 11.1 Å². The van der Waals surface area contributed by atoms with E-state index in [0.29, 0.717) is 23.0 Å². The predicted molar refractivity (Wildman–Crippen MR) is 118 cm³/mol. The molecule has 0 radical (unpaired) electrons. The number of carbonyl (C=O) groups is 2. The number of rotatable bonds is 7. The van der Waals surface area contributed by atoms with Crippen molar-refractivity contribution in [2.75, 3.05) is 13.7 Å². The van der Waals surface area contributed by atoms with Crippen molar-refractivity contribution in [1.82, 2.24) is 9.88 Å². The number of nitrogens with zero attached hydrogens (tertiary/aromatic N) is 2. The second-order valence-electron chi connectivity index (χ2n) is 7.35. The maximum Gasteiger partial charge on any atom is 0.339 e. The second kappa shape index (κ2) is 9.34. The largest absolute Gasteiger partial charge is 0.467 e. The van der Waals surface area contributed by atoms with Gasteiger partial charge in [0.1, 0.15) is 5.76 Å². The minimum Gasteiger partial charge on any atom is -0.467 e. The van der Waals surface area contributed by atoms with E-state index in [2.05, 4.69) is 4.98 Å². The highest BCUT2D eigenvalue weighted by atomic mass is 16.5. The monoisotopic (exact) mass is 430 g/mol. The number of carbonyl (C=O) groups excluding carboxylic acids is 2. The molecular weight excluding hydrogens is 408 g/mol. The number of aryl methyl sites for hydroxylation is 1. The first kappa shape index (κ1) is 21.1. The van der Waals surface area contributed by atoms with Gasteiger partial charge in [0.15, 0.2) is 12.4 Å². The molecule has 162 valence electrons. The first-order valence-corrected chi connectivity index (χ1v) is 10.1. The summed E-state index contributed by atoms with van der Waals surface area (Å²) in [5.74, 6) is 0.568. The van der Waals surface area contributed by atoms with Crippen molar-refractivity contribution in [1.29, 1.82) is 0 Å². The number of oxazole rings is 1. The van der Waals surface area contributed by atoms with Crippen molar-refractivity contribution in [3.8, 4) is 22.8 Å². The molecule has 7 heteroatoms. The molecule has 4 rings (SSSR count). The lowest BCUT2D eigenvalue weighted by Gasteiger charge is -2.15. The van der Waals surface area contributed by atoms with Crippen LogP contribution in [-0.4, -0.2) is 35.4 Å². The van der Waals surface area contributed by atoms with Crippen LogP contribution in [0.25, 0.3) is 22.8 Å². The molecule has 0 saturated heterocycles. The highest BCUT2D eigenvalue weighted by Crippen LogP contribution is 2.28. The minimum absolute atomic E-state index is 0.270. The van der Waals surface area contributed by atoms with Crippen LogP contribution in [0.2, 0.25) is 0 Å². The number of likely N-dealkylation sites (N-methyl/N-ethyl adjacent to an activating group) is 1. The van der Waals surface area contributed by atoms with Gasteiger partial charge in [-0.2, -0.15) is 0 Å². The first-order chi connectivity index (χ1) is 15.5. The van der Waals surface area contributed by atoms with Crippen molar-refractivity contribution in [3.05, 3.63) is 90.0 Å². The van der Waals surface area contributed by atoms with Crippen molar-refractivity contribution >= 4 is 11.9 Å². The van der Waals surface area contributed by atoms with E-state index >= 15 is 0 Å². The highest BCUT2D eigenvalue weighted by Gasteiger charge is 2.20.